The van der Waals surface area contributed by atoms with Crippen LogP contribution in [0.2, 0.25) is 0 Å². The second-order valence-corrected chi connectivity index (χ2v) is 6.64. The smallest absolute Gasteiger partial charge is 0.332 e. The largest absolute Gasteiger partial charge is 0.342 e. The second kappa shape index (κ2) is 6.23. The molecule has 1 aliphatic heterocycles. The topological polar surface area (TPSA) is 93.0 Å². The summed E-state index contributed by atoms with van der Waals surface area (Å²) in [6.45, 7) is 1.63. The van der Waals surface area contributed by atoms with Crippen molar-refractivity contribution >= 4 is 28.8 Å². The predicted octanol–water partition coefficient (Wildman–Crippen LogP) is 0.0649. The van der Waals surface area contributed by atoms with Gasteiger partial charge in [-0.3, -0.25) is 18.7 Å². The molecule has 2 aromatic rings. The number of nitrogens with zero attached hydrogens (tertiary/aromatic N) is 4. The molecule has 23 heavy (non-hydrogen) atoms. The second-order valence-electron chi connectivity index (χ2n) is 5.68. The number of carbonyl (C=O) groups excluding carboxylic acids is 1. The van der Waals surface area contributed by atoms with Crippen LogP contribution in [0.3, 0.4) is 0 Å². The van der Waals surface area contributed by atoms with Crippen molar-refractivity contribution in [3.8, 4) is 0 Å². The minimum Gasteiger partial charge on any atom is -0.342 e. The fourth-order valence-corrected chi connectivity index (χ4v) is 3.51. The minimum atomic E-state index is -0.421. The number of amides is 1. The number of nitrogens with one attached hydrogen (secondary N) is 1. The van der Waals surface area contributed by atoms with Gasteiger partial charge in [-0.05, 0) is 19.3 Å². The van der Waals surface area contributed by atoms with Crippen LogP contribution in [0.25, 0.3) is 11.2 Å². The third-order valence-electron chi connectivity index (χ3n) is 4.11. The number of fused-ring (bicyclic) bond motifs is 1. The summed E-state index contributed by atoms with van der Waals surface area (Å²) in [6, 6.07) is 0. The maximum absolute atomic E-state index is 12.2. The lowest BCUT2D eigenvalue weighted by Crippen LogP contribution is -2.36. The lowest BCUT2D eigenvalue weighted by molar-refractivity contribution is -0.129. The van der Waals surface area contributed by atoms with Crippen molar-refractivity contribution in [2.75, 3.05) is 18.8 Å². The van der Waals surface area contributed by atoms with E-state index >= 15 is 0 Å². The summed E-state index contributed by atoms with van der Waals surface area (Å²) in [5.74, 6) is 0.352. The summed E-state index contributed by atoms with van der Waals surface area (Å²) in [5.41, 5.74) is -0.242. The van der Waals surface area contributed by atoms with E-state index in [4.69, 9.17) is 0 Å². The summed E-state index contributed by atoms with van der Waals surface area (Å²) in [7, 11) is 3.00. The summed E-state index contributed by atoms with van der Waals surface area (Å²) < 4.78 is 2.36. The van der Waals surface area contributed by atoms with Crippen LogP contribution >= 0.6 is 11.8 Å². The lowest BCUT2D eigenvalue weighted by atomic mass is 10.1. The van der Waals surface area contributed by atoms with Gasteiger partial charge in [0.2, 0.25) is 5.91 Å². The van der Waals surface area contributed by atoms with Gasteiger partial charge in [-0.1, -0.05) is 11.8 Å². The highest BCUT2D eigenvalue weighted by Crippen LogP contribution is 2.18. The molecule has 0 spiro atoms. The van der Waals surface area contributed by atoms with E-state index in [1.54, 1.807) is 7.05 Å². The first-order valence-corrected chi connectivity index (χ1v) is 8.54. The monoisotopic (exact) mass is 337 g/mol. The Hall–Kier alpha value is -2.03. The number of hydrogen-bond donors (Lipinski definition) is 1. The molecule has 0 unspecified atom stereocenters. The van der Waals surface area contributed by atoms with Crippen LogP contribution in [0.5, 0.6) is 0 Å². The molecule has 0 bridgehead atoms. The summed E-state index contributed by atoms with van der Waals surface area (Å²) in [4.78, 5) is 45.2. The quantitative estimate of drug-likeness (QED) is 0.800. The Balaban J connectivity index is 1.80. The first-order chi connectivity index (χ1) is 11.0. The lowest BCUT2D eigenvalue weighted by Gasteiger charge is -2.26. The fourth-order valence-electron chi connectivity index (χ4n) is 2.74. The van der Waals surface area contributed by atoms with Gasteiger partial charge in [0.05, 0.1) is 5.75 Å². The van der Waals surface area contributed by atoms with E-state index in [-0.39, 0.29) is 17.2 Å². The van der Waals surface area contributed by atoms with Gasteiger partial charge in [-0.25, -0.2) is 9.78 Å². The first-order valence-electron chi connectivity index (χ1n) is 7.55. The van der Waals surface area contributed by atoms with Crippen LogP contribution in [0, 0.1) is 0 Å². The van der Waals surface area contributed by atoms with E-state index in [9.17, 15) is 14.4 Å². The van der Waals surface area contributed by atoms with Crippen molar-refractivity contribution in [3.05, 3.63) is 20.8 Å². The van der Waals surface area contributed by atoms with Crippen LogP contribution in [-0.2, 0) is 18.9 Å². The predicted molar refractivity (Wildman–Crippen MR) is 87.7 cm³/mol. The summed E-state index contributed by atoms with van der Waals surface area (Å²) in [5, 5.41) is 0.476. The van der Waals surface area contributed by atoms with E-state index in [1.165, 1.54) is 29.8 Å². The fraction of sp³-hybridized carbons (Fsp3) is 0.571. The van der Waals surface area contributed by atoms with Crippen LogP contribution < -0.4 is 11.2 Å². The molecule has 1 fully saturated rings. The summed E-state index contributed by atoms with van der Waals surface area (Å²) in [6.07, 6.45) is 3.29. The molecule has 0 atom stereocenters. The Labute approximate surface area is 136 Å². The molecule has 1 saturated heterocycles. The molecule has 1 N–H and O–H groups in total. The molecule has 2 aromatic heterocycles. The molecule has 0 radical (unpaired) electrons. The van der Waals surface area contributed by atoms with Crippen molar-refractivity contribution in [1.82, 2.24) is 24.0 Å². The van der Waals surface area contributed by atoms with Crippen molar-refractivity contribution in [1.29, 1.82) is 0 Å². The maximum Gasteiger partial charge on any atom is 0.332 e. The van der Waals surface area contributed by atoms with Crippen LogP contribution in [0.4, 0.5) is 0 Å². The van der Waals surface area contributed by atoms with Gasteiger partial charge in [-0.2, -0.15) is 0 Å². The molecule has 0 saturated carbocycles. The van der Waals surface area contributed by atoms with Gasteiger partial charge in [0.1, 0.15) is 0 Å². The third kappa shape index (κ3) is 2.92. The first kappa shape index (κ1) is 15.9. The van der Waals surface area contributed by atoms with Gasteiger partial charge in [0.25, 0.3) is 5.56 Å². The molecule has 124 valence electrons. The minimum absolute atomic E-state index is 0.0805. The Morgan fingerprint density at radius 2 is 1.87 bits per heavy atom. The van der Waals surface area contributed by atoms with E-state index in [2.05, 4.69) is 9.97 Å². The molecule has 8 nitrogen and oxygen atoms in total. The highest BCUT2D eigenvalue weighted by atomic mass is 32.2. The Kier molecular flexibility index (Phi) is 4.29. The number of aryl methyl sites for hydroxylation is 1. The van der Waals surface area contributed by atoms with E-state index in [0.717, 1.165) is 30.5 Å². The van der Waals surface area contributed by atoms with Crippen molar-refractivity contribution in [2.45, 2.75) is 24.4 Å². The van der Waals surface area contributed by atoms with Crippen molar-refractivity contribution in [3.63, 3.8) is 0 Å². The number of piperidine rings is 1. The standard InChI is InChI=1S/C14H19N5O3S/c1-17-11-10(12(21)18(2)14(17)22)15-13(16-11)23-8-9(20)19-6-4-3-5-7-19/h3-8H2,1-2H3,(H,15,16). The van der Waals surface area contributed by atoms with Gasteiger partial charge in [-0.15, -0.1) is 0 Å². The average Bonchev–Trinajstić information content (AvgIpc) is 3.01. The van der Waals surface area contributed by atoms with Gasteiger partial charge in [0, 0.05) is 27.2 Å². The molecule has 1 aliphatic rings. The number of thioether (sulfide) groups is 1. The number of aromatic amines is 1. The van der Waals surface area contributed by atoms with E-state index in [1.807, 2.05) is 4.90 Å². The normalized spacial score (nSPS) is 15.3. The molecule has 9 heteroatoms. The Morgan fingerprint density at radius 3 is 2.57 bits per heavy atom. The van der Waals surface area contributed by atoms with Crippen LogP contribution in [0.1, 0.15) is 19.3 Å². The molecular weight excluding hydrogens is 318 g/mol. The highest BCUT2D eigenvalue weighted by Gasteiger charge is 2.18. The van der Waals surface area contributed by atoms with Gasteiger partial charge in [0.15, 0.2) is 16.3 Å². The average molecular weight is 337 g/mol. The molecule has 0 aliphatic carbocycles. The maximum atomic E-state index is 12.2. The number of rotatable bonds is 3. The van der Waals surface area contributed by atoms with Crippen molar-refractivity contribution in [2.24, 2.45) is 14.1 Å². The van der Waals surface area contributed by atoms with E-state index in [0.29, 0.717) is 10.8 Å². The number of aromatic nitrogens is 4. The summed E-state index contributed by atoms with van der Waals surface area (Å²) >= 11 is 1.26. The zero-order valence-corrected chi connectivity index (χ0v) is 14.0. The number of carbonyl (C=O) groups is 1. The zero-order valence-electron chi connectivity index (χ0n) is 13.2. The van der Waals surface area contributed by atoms with E-state index < -0.39 is 11.2 Å². The Morgan fingerprint density at radius 1 is 1.17 bits per heavy atom. The van der Waals surface area contributed by atoms with Crippen molar-refractivity contribution < 1.29 is 4.79 Å². The van der Waals surface area contributed by atoms with Gasteiger partial charge < -0.3 is 9.88 Å². The molecule has 3 heterocycles. The van der Waals surface area contributed by atoms with Crippen LogP contribution in [0.15, 0.2) is 14.7 Å². The Bertz CT molecular complexity index is 860. The SMILES string of the molecule is Cn1c(=O)c2[nH]c(SCC(=O)N3CCCCC3)nc2n(C)c1=O. The number of H-pyrrole nitrogens is 1. The molecule has 3 rings (SSSR count). The number of hydrogen-bond acceptors (Lipinski definition) is 5. The molecular formula is C14H19N5O3S. The molecule has 1 amide bonds. The highest BCUT2D eigenvalue weighted by molar-refractivity contribution is 7.99. The number of imidazole rings is 1. The van der Waals surface area contributed by atoms with Gasteiger partial charge >= 0.3 is 5.69 Å². The number of likely N-dealkylation sites (tertiary alicyclic amines) is 1. The molecule has 0 aromatic carbocycles. The van der Waals surface area contributed by atoms with Crippen LogP contribution in [-0.4, -0.2) is 48.8 Å². The third-order valence-corrected chi connectivity index (χ3v) is 4.97. The zero-order chi connectivity index (χ0) is 16.6.